The van der Waals surface area contributed by atoms with Gasteiger partial charge in [-0.2, -0.15) is 5.48 Å². The molecule has 20 heavy (non-hydrogen) atoms. The van der Waals surface area contributed by atoms with Gasteiger partial charge in [-0.15, -0.1) is 0 Å². The van der Waals surface area contributed by atoms with E-state index in [1.807, 2.05) is 0 Å². The van der Waals surface area contributed by atoms with Crippen molar-refractivity contribution in [3.8, 4) is 5.75 Å². The lowest BCUT2D eigenvalue weighted by Crippen LogP contribution is -2.34. The minimum atomic E-state index is -0.834. The van der Waals surface area contributed by atoms with E-state index in [4.69, 9.17) is 9.94 Å². The molecular weight excluding hydrogens is 276 g/mol. The van der Waals surface area contributed by atoms with Gasteiger partial charge in [0, 0.05) is 6.07 Å². The van der Waals surface area contributed by atoms with Crippen LogP contribution < -0.4 is 15.5 Å². The summed E-state index contributed by atoms with van der Waals surface area (Å²) < 4.78 is 4.94. The van der Waals surface area contributed by atoms with Gasteiger partial charge >= 0.3 is 5.69 Å². The first-order valence-electron chi connectivity index (χ1n) is 5.15. The van der Waals surface area contributed by atoms with Gasteiger partial charge in [0.15, 0.2) is 12.5 Å². The molecule has 3 N–H and O–H groups in total. The fourth-order valence-electron chi connectivity index (χ4n) is 1.21. The monoisotopic (exact) mass is 286 g/mol. The first kappa shape index (κ1) is 15.3. The maximum atomic E-state index is 11.0. The van der Waals surface area contributed by atoms with E-state index in [0.717, 1.165) is 18.2 Å². The van der Waals surface area contributed by atoms with Gasteiger partial charge in [-0.05, 0) is 6.07 Å². The van der Waals surface area contributed by atoms with E-state index in [1.54, 1.807) is 5.48 Å². The molecule has 0 spiro atoms. The van der Waals surface area contributed by atoms with E-state index in [0.29, 0.717) is 0 Å². The normalized spacial score (nSPS) is 9.85. The van der Waals surface area contributed by atoms with Gasteiger partial charge in [-0.3, -0.25) is 25.0 Å². The smallest absolute Gasteiger partial charge is 0.317 e. The SMILES string of the molecule is O=C(CNO)NCOc1ccc([N+](=O)[O-])cc1[N+](=O)[O-]. The second-order valence-electron chi connectivity index (χ2n) is 3.39. The van der Waals surface area contributed by atoms with E-state index >= 15 is 0 Å². The standard InChI is InChI=1S/C9H10N4O7/c14-9(4-11-15)10-5-20-8-2-1-6(12(16)17)3-7(8)13(18)19/h1-3,11,15H,4-5H2,(H,10,14). The van der Waals surface area contributed by atoms with Crippen molar-refractivity contribution in [1.82, 2.24) is 10.8 Å². The Kier molecular flexibility index (Phi) is 5.31. The Morgan fingerprint density at radius 1 is 1.30 bits per heavy atom. The molecule has 0 saturated carbocycles. The number of nitro groups is 2. The topological polar surface area (TPSA) is 157 Å². The molecule has 0 saturated heterocycles. The zero-order chi connectivity index (χ0) is 15.1. The van der Waals surface area contributed by atoms with E-state index in [2.05, 4.69) is 5.32 Å². The molecule has 1 rings (SSSR count). The van der Waals surface area contributed by atoms with E-state index in [1.165, 1.54) is 0 Å². The highest BCUT2D eigenvalue weighted by atomic mass is 16.6. The van der Waals surface area contributed by atoms with E-state index in [9.17, 15) is 25.0 Å². The number of non-ortho nitro benzene ring substituents is 1. The summed E-state index contributed by atoms with van der Waals surface area (Å²) in [5.41, 5.74) is 0.579. The molecule has 0 atom stereocenters. The summed E-state index contributed by atoms with van der Waals surface area (Å²) in [6.07, 6.45) is 0. The van der Waals surface area contributed by atoms with Gasteiger partial charge in [0.05, 0.1) is 22.5 Å². The van der Waals surface area contributed by atoms with Crippen molar-refractivity contribution < 1.29 is 24.6 Å². The van der Waals surface area contributed by atoms with Crippen LogP contribution >= 0.6 is 0 Å². The van der Waals surface area contributed by atoms with Crippen molar-refractivity contribution in [3.63, 3.8) is 0 Å². The summed E-state index contributed by atoms with van der Waals surface area (Å²) in [4.78, 5) is 30.6. The number of amides is 1. The lowest BCUT2D eigenvalue weighted by atomic mass is 10.2. The number of rotatable bonds is 7. The number of nitrogens with one attached hydrogen (secondary N) is 2. The van der Waals surface area contributed by atoms with E-state index < -0.39 is 27.1 Å². The average Bonchev–Trinajstić information content (AvgIpc) is 2.38. The molecule has 0 aromatic heterocycles. The largest absolute Gasteiger partial charge is 0.466 e. The van der Waals surface area contributed by atoms with Crippen molar-refractivity contribution >= 4 is 17.3 Å². The molecular formula is C9H10N4O7. The van der Waals surface area contributed by atoms with Crippen LogP contribution in [0.4, 0.5) is 11.4 Å². The van der Waals surface area contributed by atoms with Gasteiger partial charge in [-0.1, -0.05) is 0 Å². The molecule has 0 heterocycles. The first-order valence-corrected chi connectivity index (χ1v) is 5.15. The minimum Gasteiger partial charge on any atom is -0.466 e. The summed E-state index contributed by atoms with van der Waals surface area (Å²) in [7, 11) is 0. The fraction of sp³-hybridized carbons (Fsp3) is 0.222. The van der Waals surface area contributed by atoms with Crippen LogP contribution in [0.25, 0.3) is 0 Å². The van der Waals surface area contributed by atoms with Crippen LogP contribution in [0.1, 0.15) is 0 Å². The number of carbonyl (C=O) groups is 1. The van der Waals surface area contributed by atoms with Gasteiger partial charge in [0.2, 0.25) is 5.91 Å². The van der Waals surface area contributed by atoms with Crippen LogP contribution in [0.5, 0.6) is 5.75 Å². The van der Waals surface area contributed by atoms with Crippen molar-refractivity contribution in [2.24, 2.45) is 0 Å². The highest BCUT2D eigenvalue weighted by Gasteiger charge is 2.20. The number of hydrogen-bond acceptors (Lipinski definition) is 8. The first-order chi connectivity index (χ1) is 9.45. The molecule has 0 radical (unpaired) electrons. The molecule has 1 aromatic rings. The van der Waals surface area contributed by atoms with Gasteiger partial charge in [0.1, 0.15) is 0 Å². The van der Waals surface area contributed by atoms with Crippen LogP contribution in [0, 0.1) is 20.2 Å². The molecule has 0 aliphatic heterocycles. The Morgan fingerprint density at radius 2 is 2.00 bits per heavy atom. The summed E-state index contributed by atoms with van der Waals surface area (Å²) in [6, 6.07) is 2.86. The molecule has 0 aliphatic rings. The Balaban J connectivity index is 2.77. The highest BCUT2D eigenvalue weighted by molar-refractivity contribution is 5.77. The van der Waals surface area contributed by atoms with Crippen molar-refractivity contribution in [3.05, 3.63) is 38.4 Å². The number of benzene rings is 1. The quantitative estimate of drug-likeness (QED) is 0.357. The number of nitrogens with zero attached hydrogens (tertiary/aromatic N) is 2. The molecule has 0 fully saturated rings. The second-order valence-corrected chi connectivity index (χ2v) is 3.39. The Hall–Kier alpha value is -2.79. The van der Waals surface area contributed by atoms with Crippen molar-refractivity contribution in [1.29, 1.82) is 0 Å². The summed E-state index contributed by atoms with van der Waals surface area (Å²) >= 11 is 0. The molecule has 0 aliphatic carbocycles. The number of hydrogen-bond donors (Lipinski definition) is 3. The molecule has 1 amide bonds. The third-order valence-corrected chi connectivity index (χ3v) is 2.09. The van der Waals surface area contributed by atoms with Gasteiger partial charge in [-0.25, -0.2) is 0 Å². The second kappa shape index (κ2) is 6.96. The predicted octanol–water partition coefficient (Wildman–Crippen LogP) is -0.0657. The van der Waals surface area contributed by atoms with Crippen LogP contribution in [-0.2, 0) is 4.79 Å². The van der Waals surface area contributed by atoms with Crippen LogP contribution in [-0.4, -0.2) is 34.2 Å². The zero-order valence-electron chi connectivity index (χ0n) is 9.94. The number of nitro benzene ring substituents is 2. The zero-order valence-corrected chi connectivity index (χ0v) is 9.94. The summed E-state index contributed by atoms with van der Waals surface area (Å²) in [5, 5.41) is 31.7. The van der Waals surface area contributed by atoms with Crippen LogP contribution in [0.15, 0.2) is 18.2 Å². The van der Waals surface area contributed by atoms with Crippen molar-refractivity contribution in [2.45, 2.75) is 0 Å². The average molecular weight is 286 g/mol. The lowest BCUT2D eigenvalue weighted by molar-refractivity contribution is -0.394. The highest BCUT2D eigenvalue weighted by Crippen LogP contribution is 2.30. The molecule has 11 heteroatoms. The molecule has 11 nitrogen and oxygen atoms in total. The Morgan fingerprint density at radius 3 is 2.55 bits per heavy atom. The van der Waals surface area contributed by atoms with Crippen LogP contribution in [0.2, 0.25) is 0 Å². The molecule has 0 bridgehead atoms. The number of carbonyl (C=O) groups excluding carboxylic acids is 1. The number of ether oxygens (including phenoxy) is 1. The molecule has 0 unspecified atom stereocenters. The fourth-order valence-corrected chi connectivity index (χ4v) is 1.21. The third-order valence-electron chi connectivity index (χ3n) is 2.09. The number of hydroxylamine groups is 1. The Bertz CT molecular complexity index is 533. The van der Waals surface area contributed by atoms with E-state index in [-0.39, 0.29) is 19.0 Å². The predicted molar refractivity (Wildman–Crippen MR) is 63.2 cm³/mol. The third kappa shape index (κ3) is 4.15. The summed E-state index contributed by atoms with van der Waals surface area (Å²) in [6.45, 7) is -0.759. The van der Waals surface area contributed by atoms with Gasteiger partial charge < -0.3 is 15.3 Å². The Labute approximate surface area is 111 Å². The minimum absolute atomic E-state index is 0.224. The van der Waals surface area contributed by atoms with Gasteiger partial charge in [0.25, 0.3) is 5.69 Å². The lowest BCUT2D eigenvalue weighted by Gasteiger charge is -2.07. The maximum absolute atomic E-state index is 11.0. The molecule has 1 aromatic carbocycles. The summed E-state index contributed by atoms with van der Waals surface area (Å²) in [5.74, 6) is -0.824. The molecule has 108 valence electrons. The van der Waals surface area contributed by atoms with Crippen LogP contribution in [0.3, 0.4) is 0 Å². The maximum Gasteiger partial charge on any atom is 0.317 e. The van der Waals surface area contributed by atoms with Crippen molar-refractivity contribution in [2.75, 3.05) is 13.3 Å².